The van der Waals surface area contributed by atoms with E-state index in [4.69, 9.17) is 0 Å². The van der Waals surface area contributed by atoms with E-state index < -0.39 is 5.60 Å². The van der Waals surface area contributed by atoms with Gasteiger partial charge in [-0.2, -0.15) is 5.10 Å². The van der Waals surface area contributed by atoms with E-state index in [1.165, 1.54) is 0 Å². The maximum atomic E-state index is 12.5. The second-order valence-electron chi connectivity index (χ2n) is 6.82. The number of aliphatic hydroxyl groups is 1. The monoisotopic (exact) mass is 329 g/mol. The second-order valence-corrected chi connectivity index (χ2v) is 6.82. The molecule has 2 aromatic rings. The van der Waals surface area contributed by atoms with Gasteiger partial charge in [0.1, 0.15) is 0 Å². The van der Waals surface area contributed by atoms with Crippen molar-refractivity contribution in [2.45, 2.75) is 51.7 Å². The lowest BCUT2D eigenvalue weighted by Crippen LogP contribution is -2.29. The molecule has 5 heteroatoms. The number of rotatable bonds is 7. The molecule has 1 aromatic carbocycles. The summed E-state index contributed by atoms with van der Waals surface area (Å²) in [6, 6.07) is 9.45. The molecule has 1 heterocycles. The van der Waals surface area contributed by atoms with Crippen LogP contribution in [0.2, 0.25) is 0 Å². The Morgan fingerprint density at radius 2 is 1.96 bits per heavy atom. The maximum Gasteiger partial charge on any atom is 0.251 e. The Balaban J connectivity index is 2.00. The van der Waals surface area contributed by atoms with Crippen molar-refractivity contribution in [3.8, 4) is 0 Å². The first-order chi connectivity index (χ1) is 11.3. The number of hydrogen-bond acceptors (Lipinski definition) is 3. The number of benzene rings is 1. The first kappa shape index (κ1) is 18.2. The highest BCUT2D eigenvalue weighted by Crippen LogP contribution is 2.17. The zero-order chi connectivity index (χ0) is 17.7. The third-order valence-corrected chi connectivity index (χ3v) is 4.17. The van der Waals surface area contributed by atoms with Crippen molar-refractivity contribution in [2.24, 2.45) is 7.05 Å². The van der Waals surface area contributed by atoms with Gasteiger partial charge in [0, 0.05) is 18.8 Å². The minimum atomic E-state index is -0.673. The summed E-state index contributed by atoms with van der Waals surface area (Å²) in [6.07, 6.45) is 4.02. The minimum Gasteiger partial charge on any atom is -0.390 e. The van der Waals surface area contributed by atoms with Crippen LogP contribution in [0.25, 0.3) is 0 Å². The molecule has 0 spiro atoms. The van der Waals surface area contributed by atoms with Gasteiger partial charge in [-0.15, -0.1) is 0 Å². The fourth-order valence-corrected chi connectivity index (χ4v) is 2.63. The molecule has 5 nitrogen and oxygen atoms in total. The molecule has 0 aliphatic carbocycles. The second kappa shape index (κ2) is 7.62. The van der Waals surface area contributed by atoms with E-state index in [-0.39, 0.29) is 11.9 Å². The summed E-state index contributed by atoms with van der Waals surface area (Å²) in [7, 11) is 1.88. The average molecular weight is 329 g/mol. The third kappa shape index (κ3) is 4.93. The Morgan fingerprint density at radius 1 is 1.29 bits per heavy atom. The Kier molecular flexibility index (Phi) is 5.78. The molecule has 0 aliphatic heterocycles. The van der Waals surface area contributed by atoms with E-state index in [0.717, 1.165) is 24.1 Å². The van der Waals surface area contributed by atoms with Crippen molar-refractivity contribution in [3.63, 3.8) is 0 Å². The Bertz CT molecular complexity index is 669. The van der Waals surface area contributed by atoms with Crippen molar-refractivity contribution in [1.82, 2.24) is 15.1 Å². The van der Waals surface area contributed by atoms with Crippen LogP contribution in [0.15, 0.2) is 36.5 Å². The fourth-order valence-electron chi connectivity index (χ4n) is 2.63. The lowest BCUT2D eigenvalue weighted by Gasteiger charge is -2.18. The van der Waals surface area contributed by atoms with Crippen molar-refractivity contribution in [1.29, 1.82) is 0 Å². The molecule has 2 N–H and O–H groups in total. The number of aromatic nitrogens is 2. The van der Waals surface area contributed by atoms with Crippen molar-refractivity contribution in [2.75, 3.05) is 0 Å². The normalized spacial score (nSPS) is 12.9. The van der Waals surface area contributed by atoms with Crippen LogP contribution >= 0.6 is 0 Å². The van der Waals surface area contributed by atoms with Crippen LogP contribution in [0, 0.1) is 0 Å². The predicted molar refractivity (Wildman–Crippen MR) is 94.8 cm³/mol. The van der Waals surface area contributed by atoms with Crippen molar-refractivity contribution in [3.05, 3.63) is 53.3 Å². The summed E-state index contributed by atoms with van der Waals surface area (Å²) >= 11 is 0. The average Bonchev–Trinajstić information content (AvgIpc) is 2.96. The maximum absolute atomic E-state index is 12.5. The molecule has 0 aliphatic rings. The molecule has 0 saturated heterocycles. The first-order valence-corrected chi connectivity index (χ1v) is 8.40. The summed E-state index contributed by atoms with van der Waals surface area (Å²) in [4.78, 5) is 12.5. The highest BCUT2D eigenvalue weighted by atomic mass is 16.3. The molecule has 1 unspecified atom stereocenters. The van der Waals surface area contributed by atoms with E-state index in [9.17, 15) is 9.90 Å². The van der Waals surface area contributed by atoms with Gasteiger partial charge < -0.3 is 10.4 Å². The minimum absolute atomic E-state index is 0.0557. The molecule has 0 saturated carbocycles. The molecule has 1 amide bonds. The molecule has 24 heavy (non-hydrogen) atoms. The fraction of sp³-hybridized carbons (Fsp3) is 0.474. The Morgan fingerprint density at radius 3 is 2.46 bits per heavy atom. The molecule has 2 rings (SSSR count). The van der Waals surface area contributed by atoms with Crippen LogP contribution in [-0.4, -0.2) is 26.4 Å². The van der Waals surface area contributed by atoms with E-state index >= 15 is 0 Å². The molecular weight excluding hydrogens is 302 g/mol. The van der Waals surface area contributed by atoms with E-state index in [0.29, 0.717) is 12.0 Å². The lowest BCUT2D eigenvalue weighted by molar-refractivity contribution is 0.0713. The quantitative estimate of drug-likeness (QED) is 0.820. The number of carbonyl (C=O) groups is 1. The topological polar surface area (TPSA) is 67.2 Å². The molecule has 0 fully saturated rings. The van der Waals surface area contributed by atoms with Gasteiger partial charge >= 0.3 is 0 Å². The highest BCUT2D eigenvalue weighted by Gasteiger charge is 2.17. The molecule has 1 aromatic heterocycles. The number of aryl methyl sites for hydroxylation is 2. The largest absolute Gasteiger partial charge is 0.390 e. The molecule has 0 radical (unpaired) electrons. The van der Waals surface area contributed by atoms with Crippen molar-refractivity contribution < 1.29 is 9.90 Å². The van der Waals surface area contributed by atoms with E-state index in [2.05, 4.69) is 10.4 Å². The van der Waals surface area contributed by atoms with E-state index in [1.54, 1.807) is 24.7 Å². The first-order valence-electron chi connectivity index (χ1n) is 8.40. The summed E-state index contributed by atoms with van der Waals surface area (Å²) in [6.45, 7) is 5.65. The number of carbonyl (C=O) groups excluding carboxylic acids is 1. The van der Waals surface area contributed by atoms with Gasteiger partial charge in [0.2, 0.25) is 0 Å². The summed E-state index contributed by atoms with van der Waals surface area (Å²) < 4.78 is 1.79. The number of hydrogen-bond donors (Lipinski definition) is 2. The summed E-state index contributed by atoms with van der Waals surface area (Å²) in [5.74, 6) is -0.0860. The Hall–Kier alpha value is -2.14. The standard InChI is InChI=1S/C19H27N3O2/c1-5-16(17-11-13-20-22(17)4)21-18(23)15-8-6-14(7-9-15)10-12-19(2,3)24/h6-9,11,13,16,24H,5,10,12H2,1-4H3,(H,21,23). The number of nitrogens with one attached hydrogen (secondary N) is 1. The van der Waals surface area contributed by atoms with Gasteiger partial charge in [-0.1, -0.05) is 19.1 Å². The molecule has 130 valence electrons. The summed E-state index contributed by atoms with van der Waals surface area (Å²) in [5.41, 5.74) is 2.08. The van der Waals surface area contributed by atoms with Gasteiger partial charge in [-0.05, 0) is 56.9 Å². The van der Waals surface area contributed by atoms with Gasteiger partial charge in [-0.25, -0.2) is 0 Å². The van der Waals surface area contributed by atoms with Crippen molar-refractivity contribution >= 4 is 5.91 Å². The van der Waals surface area contributed by atoms with Gasteiger partial charge in [-0.3, -0.25) is 9.48 Å². The van der Waals surface area contributed by atoms with Crippen LogP contribution in [0.5, 0.6) is 0 Å². The zero-order valence-electron chi connectivity index (χ0n) is 14.9. The molecule has 0 bridgehead atoms. The number of amides is 1. The van der Waals surface area contributed by atoms with Crippen LogP contribution in [0.4, 0.5) is 0 Å². The predicted octanol–water partition coefficient (Wildman–Crippen LogP) is 3.00. The number of nitrogens with zero attached hydrogens (tertiary/aromatic N) is 2. The van der Waals surface area contributed by atoms with Gasteiger partial charge in [0.25, 0.3) is 5.91 Å². The molecular formula is C19H27N3O2. The Labute approximate surface area is 143 Å². The SMILES string of the molecule is CCC(NC(=O)c1ccc(CCC(C)(C)O)cc1)c1ccnn1C. The zero-order valence-corrected chi connectivity index (χ0v) is 14.9. The van der Waals surface area contributed by atoms with Gasteiger partial charge in [0.15, 0.2) is 0 Å². The van der Waals surface area contributed by atoms with Crippen LogP contribution < -0.4 is 5.32 Å². The third-order valence-electron chi connectivity index (χ3n) is 4.17. The van der Waals surface area contributed by atoms with Crippen LogP contribution in [0.1, 0.15) is 61.3 Å². The van der Waals surface area contributed by atoms with Gasteiger partial charge in [0.05, 0.1) is 17.3 Å². The summed E-state index contributed by atoms with van der Waals surface area (Å²) in [5, 5.41) is 17.0. The van der Waals surface area contributed by atoms with Crippen LogP contribution in [-0.2, 0) is 13.5 Å². The smallest absolute Gasteiger partial charge is 0.251 e. The lowest BCUT2D eigenvalue weighted by atomic mass is 9.98. The molecule has 1 atom stereocenters. The van der Waals surface area contributed by atoms with E-state index in [1.807, 2.05) is 44.3 Å². The van der Waals surface area contributed by atoms with Crippen LogP contribution in [0.3, 0.4) is 0 Å². The highest BCUT2D eigenvalue weighted by molar-refractivity contribution is 5.94.